The van der Waals surface area contributed by atoms with Crippen molar-refractivity contribution in [3.8, 4) is 5.75 Å². The van der Waals surface area contributed by atoms with Crippen molar-refractivity contribution in [1.29, 1.82) is 0 Å². The molecule has 0 saturated carbocycles. The van der Waals surface area contributed by atoms with Gasteiger partial charge in [0.1, 0.15) is 17.4 Å². The monoisotopic (exact) mass is 423 g/mol. The zero-order chi connectivity index (χ0) is 21.8. The van der Waals surface area contributed by atoms with Crippen LogP contribution in [0.5, 0.6) is 5.75 Å². The molecular formula is C23H26FN5O2. The summed E-state index contributed by atoms with van der Waals surface area (Å²) in [6.45, 7) is 5.08. The molecule has 0 aliphatic carbocycles. The molecule has 0 radical (unpaired) electrons. The second-order valence-corrected chi connectivity index (χ2v) is 7.71. The molecule has 4 rings (SSSR count). The first kappa shape index (κ1) is 21.0. The Bertz CT molecular complexity index is 1050. The number of benzene rings is 2. The van der Waals surface area contributed by atoms with Crippen molar-refractivity contribution >= 4 is 5.91 Å². The first-order valence-corrected chi connectivity index (χ1v) is 10.4. The highest BCUT2D eigenvalue weighted by molar-refractivity contribution is 5.94. The molecule has 1 aliphatic heterocycles. The van der Waals surface area contributed by atoms with Gasteiger partial charge in [0, 0.05) is 38.2 Å². The van der Waals surface area contributed by atoms with Gasteiger partial charge in [0.05, 0.1) is 13.2 Å². The van der Waals surface area contributed by atoms with Gasteiger partial charge < -0.3 is 14.6 Å². The van der Waals surface area contributed by atoms with Crippen LogP contribution in [-0.4, -0.2) is 45.8 Å². The van der Waals surface area contributed by atoms with E-state index < -0.39 is 0 Å². The molecule has 162 valence electrons. The number of amides is 1. The van der Waals surface area contributed by atoms with E-state index in [1.165, 1.54) is 12.1 Å². The molecule has 0 spiro atoms. The van der Waals surface area contributed by atoms with Gasteiger partial charge in [0.25, 0.3) is 5.91 Å². The van der Waals surface area contributed by atoms with Crippen molar-refractivity contribution in [3.05, 3.63) is 77.1 Å². The van der Waals surface area contributed by atoms with Crippen LogP contribution in [0.1, 0.15) is 40.5 Å². The van der Waals surface area contributed by atoms with Gasteiger partial charge >= 0.3 is 0 Å². The zero-order valence-corrected chi connectivity index (χ0v) is 17.7. The predicted octanol–water partition coefficient (Wildman–Crippen LogP) is 2.98. The van der Waals surface area contributed by atoms with Gasteiger partial charge in [-0.3, -0.25) is 9.69 Å². The summed E-state index contributed by atoms with van der Waals surface area (Å²) in [6.07, 6.45) is 0.769. The molecule has 1 aromatic heterocycles. The largest absolute Gasteiger partial charge is 0.497 e. The summed E-state index contributed by atoms with van der Waals surface area (Å²) in [5.41, 5.74) is 1.62. The standard InChI is InChI=1S/C23H26FN5O2/c1-16(25-23(30)18-4-3-5-20(14-18)31-2)22-27-26-21-10-11-28(12-13-29(21)22)15-17-6-8-19(24)9-7-17/h3-9,14,16H,10-13,15H2,1-2H3,(H,25,30)/t16-/m1/s1. The average Bonchev–Trinajstić information content (AvgIpc) is 3.09. The first-order valence-electron chi connectivity index (χ1n) is 10.4. The maximum Gasteiger partial charge on any atom is 0.251 e. The molecule has 0 unspecified atom stereocenters. The molecule has 1 amide bonds. The molecule has 1 aliphatic rings. The van der Waals surface area contributed by atoms with Gasteiger partial charge in [-0.05, 0) is 42.8 Å². The topological polar surface area (TPSA) is 72.3 Å². The van der Waals surface area contributed by atoms with Crippen molar-refractivity contribution in [2.75, 3.05) is 20.2 Å². The molecule has 2 heterocycles. The summed E-state index contributed by atoms with van der Waals surface area (Å²) in [7, 11) is 1.57. The Hall–Kier alpha value is -3.26. The van der Waals surface area contributed by atoms with E-state index in [0.717, 1.165) is 49.8 Å². The molecule has 1 atom stereocenters. The number of methoxy groups -OCH3 is 1. The van der Waals surface area contributed by atoms with Gasteiger partial charge in [0.15, 0.2) is 5.82 Å². The van der Waals surface area contributed by atoms with E-state index in [1.54, 1.807) is 31.4 Å². The summed E-state index contributed by atoms with van der Waals surface area (Å²) in [6, 6.07) is 13.4. The van der Waals surface area contributed by atoms with Gasteiger partial charge in [-0.1, -0.05) is 18.2 Å². The third kappa shape index (κ3) is 4.91. The Kier molecular flexibility index (Phi) is 6.27. The molecule has 3 aromatic rings. The first-order chi connectivity index (χ1) is 15.0. The molecule has 0 saturated heterocycles. The lowest BCUT2D eigenvalue weighted by Crippen LogP contribution is -2.30. The third-order valence-corrected chi connectivity index (χ3v) is 5.53. The lowest BCUT2D eigenvalue weighted by molar-refractivity contribution is 0.0937. The smallest absolute Gasteiger partial charge is 0.251 e. The Morgan fingerprint density at radius 3 is 2.74 bits per heavy atom. The molecule has 2 aromatic carbocycles. The van der Waals surface area contributed by atoms with E-state index in [9.17, 15) is 9.18 Å². The fourth-order valence-electron chi connectivity index (χ4n) is 3.82. The quantitative estimate of drug-likeness (QED) is 0.660. The van der Waals surface area contributed by atoms with Crippen LogP contribution in [0.4, 0.5) is 4.39 Å². The second-order valence-electron chi connectivity index (χ2n) is 7.71. The molecular weight excluding hydrogens is 397 g/mol. The summed E-state index contributed by atoms with van der Waals surface area (Å²) in [5.74, 6) is 1.89. The minimum atomic E-state index is -0.288. The van der Waals surface area contributed by atoms with E-state index in [1.807, 2.05) is 19.1 Å². The van der Waals surface area contributed by atoms with Crippen molar-refractivity contribution in [1.82, 2.24) is 25.0 Å². The number of carbonyl (C=O) groups excluding carboxylic acids is 1. The Balaban J connectivity index is 1.41. The predicted molar refractivity (Wildman–Crippen MR) is 114 cm³/mol. The Morgan fingerprint density at radius 2 is 1.97 bits per heavy atom. The maximum absolute atomic E-state index is 13.2. The Labute approximate surface area is 180 Å². The van der Waals surface area contributed by atoms with Crippen molar-refractivity contribution < 1.29 is 13.9 Å². The number of fused-ring (bicyclic) bond motifs is 1. The molecule has 31 heavy (non-hydrogen) atoms. The third-order valence-electron chi connectivity index (χ3n) is 5.53. The zero-order valence-electron chi connectivity index (χ0n) is 17.7. The number of halogens is 1. The van der Waals surface area contributed by atoms with Gasteiger partial charge in [0.2, 0.25) is 0 Å². The number of rotatable bonds is 6. The summed E-state index contributed by atoms with van der Waals surface area (Å²) >= 11 is 0. The van der Waals surface area contributed by atoms with E-state index in [2.05, 4.69) is 25.0 Å². The summed E-state index contributed by atoms with van der Waals surface area (Å²) < 4.78 is 20.5. The molecule has 8 heteroatoms. The van der Waals surface area contributed by atoms with Gasteiger partial charge in [-0.25, -0.2) is 4.39 Å². The van der Waals surface area contributed by atoms with Crippen LogP contribution < -0.4 is 10.1 Å². The number of carbonyl (C=O) groups is 1. The fourth-order valence-corrected chi connectivity index (χ4v) is 3.82. The molecule has 1 N–H and O–H groups in total. The number of hydrogen-bond acceptors (Lipinski definition) is 5. The van der Waals surface area contributed by atoms with Crippen LogP contribution in [0, 0.1) is 5.82 Å². The molecule has 0 fully saturated rings. The van der Waals surface area contributed by atoms with Crippen LogP contribution in [0.3, 0.4) is 0 Å². The minimum Gasteiger partial charge on any atom is -0.497 e. The van der Waals surface area contributed by atoms with Crippen molar-refractivity contribution in [3.63, 3.8) is 0 Å². The molecule has 0 bridgehead atoms. The normalized spacial score (nSPS) is 15.1. The van der Waals surface area contributed by atoms with E-state index in [0.29, 0.717) is 11.3 Å². The number of nitrogens with zero attached hydrogens (tertiary/aromatic N) is 4. The summed E-state index contributed by atoms with van der Waals surface area (Å²) in [4.78, 5) is 15.0. The van der Waals surface area contributed by atoms with E-state index in [4.69, 9.17) is 4.74 Å². The van der Waals surface area contributed by atoms with E-state index in [-0.39, 0.29) is 17.8 Å². The number of ether oxygens (including phenoxy) is 1. The second kappa shape index (κ2) is 9.26. The van der Waals surface area contributed by atoms with Crippen LogP contribution in [0.15, 0.2) is 48.5 Å². The number of hydrogen-bond donors (Lipinski definition) is 1. The van der Waals surface area contributed by atoms with Crippen LogP contribution in [0.25, 0.3) is 0 Å². The minimum absolute atomic E-state index is 0.185. The lowest BCUT2D eigenvalue weighted by atomic mass is 10.2. The van der Waals surface area contributed by atoms with Crippen LogP contribution >= 0.6 is 0 Å². The Morgan fingerprint density at radius 1 is 1.16 bits per heavy atom. The van der Waals surface area contributed by atoms with Gasteiger partial charge in [-0.2, -0.15) is 0 Å². The van der Waals surface area contributed by atoms with Crippen molar-refractivity contribution in [2.45, 2.75) is 32.5 Å². The van der Waals surface area contributed by atoms with Gasteiger partial charge in [-0.15, -0.1) is 10.2 Å². The maximum atomic E-state index is 13.2. The number of nitrogens with one attached hydrogen (secondary N) is 1. The highest BCUT2D eigenvalue weighted by Crippen LogP contribution is 2.18. The SMILES string of the molecule is COc1cccc(C(=O)N[C@H](C)c2nnc3n2CCN(Cc2ccc(F)cc2)CC3)c1. The average molecular weight is 423 g/mol. The lowest BCUT2D eigenvalue weighted by Gasteiger charge is -2.20. The van der Waals surface area contributed by atoms with Crippen LogP contribution in [0.2, 0.25) is 0 Å². The van der Waals surface area contributed by atoms with Crippen molar-refractivity contribution in [2.24, 2.45) is 0 Å². The highest BCUT2D eigenvalue weighted by Gasteiger charge is 2.23. The number of aromatic nitrogens is 3. The van der Waals surface area contributed by atoms with E-state index >= 15 is 0 Å². The summed E-state index contributed by atoms with van der Waals surface area (Å²) in [5, 5.41) is 11.7. The highest BCUT2D eigenvalue weighted by atomic mass is 19.1. The fraction of sp³-hybridized carbons (Fsp3) is 0.348. The molecule has 7 nitrogen and oxygen atoms in total. The van der Waals surface area contributed by atoms with Crippen LogP contribution in [-0.2, 0) is 19.5 Å².